The van der Waals surface area contributed by atoms with Crippen molar-refractivity contribution in [2.75, 3.05) is 31.1 Å². The van der Waals surface area contributed by atoms with Gasteiger partial charge in [-0.2, -0.15) is 0 Å². The summed E-state index contributed by atoms with van der Waals surface area (Å²) in [5.41, 5.74) is 1.26. The molecule has 2 aromatic rings. The Hall–Kier alpha value is -2.59. The maximum absolute atomic E-state index is 12.7. The molecule has 1 aliphatic heterocycles. The molecule has 0 saturated carbocycles. The molecule has 0 aromatic carbocycles. The third-order valence-corrected chi connectivity index (χ3v) is 3.91. The number of allylic oxidation sites excluding steroid dienone is 1. The Labute approximate surface area is 134 Å². The predicted octanol–water partition coefficient (Wildman–Crippen LogP) is 0.212. The molecule has 3 rings (SSSR count). The summed E-state index contributed by atoms with van der Waals surface area (Å²) in [6.45, 7) is 9.75. The van der Waals surface area contributed by atoms with Crippen molar-refractivity contribution in [2.24, 2.45) is 0 Å². The van der Waals surface area contributed by atoms with Crippen LogP contribution in [0.2, 0.25) is 0 Å². The van der Waals surface area contributed by atoms with Crippen LogP contribution in [0.15, 0.2) is 23.8 Å². The topological polar surface area (TPSA) is 68.0 Å². The lowest BCUT2D eigenvalue weighted by atomic mass is 10.3. The van der Waals surface area contributed by atoms with Crippen molar-refractivity contribution in [1.29, 1.82) is 0 Å². The van der Waals surface area contributed by atoms with Gasteiger partial charge in [0.2, 0.25) is 0 Å². The molecule has 7 heteroatoms. The third-order valence-electron chi connectivity index (χ3n) is 3.91. The highest BCUT2D eigenvalue weighted by Gasteiger charge is 2.22. The fraction of sp³-hybridized carbons (Fsp3) is 0.438. The molecule has 0 aliphatic carbocycles. The fourth-order valence-corrected chi connectivity index (χ4v) is 2.84. The standard InChI is InChI=1S/C16H20N6O/c1-3-5-9-21-13-14(20-10-6-17-7-11-20)18-12-19-15(13)22(8-4-2)16(21)23/h4,12,17H,2,6-11H2,1H3. The Balaban J connectivity index is 2.23. The summed E-state index contributed by atoms with van der Waals surface area (Å²) in [6, 6.07) is 0. The second-order valence-electron chi connectivity index (χ2n) is 5.30. The summed E-state index contributed by atoms with van der Waals surface area (Å²) in [6.07, 6.45) is 3.22. The number of hydrogen-bond donors (Lipinski definition) is 1. The number of anilines is 1. The van der Waals surface area contributed by atoms with Crippen molar-refractivity contribution in [2.45, 2.75) is 20.0 Å². The van der Waals surface area contributed by atoms with Crippen molar-refractivity contribution in [3.63, 3.8) is 0 Å². The smallest absolute Gasteiger partial charge is 0.331 e. The number of hydrogen-bond acceptors (Lipinski definition) is 5. The van der Waals surface area contributed by atoms with Gasteiger partial charge in [-0.25, -0.2) is 14.8 Å². The van der Waals surface area contributed by atoms with Crippen LogP contribution in [-0.4, -0.2) is 45.3 Å². The first-order valence-electron chi connectivity index (χ1n) is 7.68. The van der Waals surface area contributed by atoms with Gasteiger partial charge in [0, 0.05) is 32.7 Å². The second-order valence-corrected chi connectivity index (χ2v) is 5.30. The van der Waals surface area contributed by atoms with E-state index in [2.05, 4.69) is 38.6 Å². The Morgan fingerprint density at radius 1 is 1.35 bits per heavy atom. The zero-order chi connectivity index (χ0) is 16.2. The zero-order valence-electron chi connectivity index (χ0n) is 13.2. The Morgan fingerprint density at radius 3 is 2.83 bits per heavy atom. The van der Waals surface area contributed by atoms with Gasteiger partial charge in [-0.1, -0.05) is 12.0 Å². The molecule has 1 N–H and O–H groups in total. The highest BCUT2D eigenvalue weighted by Crippen LogP contribution is 2.22. The quantitative estimate of drug-likeness (QED) is 0.646. The number of fused-ring (bicyclic) bond motifs is 1. The van der Waals surface area contributed by atoms with E-state index < -0.39 is 0 Å². The lowest BCUT2D eigenvalue weighted by molar-refractivity contribution is 0.585. The molecule has 0 bridgehead atoms. The van der Waals surface area contributed by atoms with Crippen LogP contribution >= 0.6 is 0 Å². The molecular weight excluding hydrogens is 292 g/mol. The maximum atomic E-state index is 12.7. The van der Waals surface area contributed by atoms with E-state index in [0.717, 1.165) is 37.5 Å². The van der Waals surface area contributed by atoms with Crippen molar-refractivity contribution in [3.05, 3.63) is 29.5 Å². The van der Waals surface area contributed by atoms with Gasteiger partial charge >= 0.3 is 5.69 Å². The summed E-state index contributed by atoms with van der Waals surface area (Å²) in [4.78, 5) is 23.7. The Kier molecular flexibility index (Phi) is 4.44. The molecule has 120 valence electrons. The van der Waals surface area contributed by atoms with Crippen LogP contribution in [0.4, 0.5) is 5.82 Å². The van der Waals surface area contributed by atoms with Gasteiger partial charge in [-0.05, 0) is 6.92 Å². The number of aromatic nitrogens is 4. The van der Waals surface area contributed by atoms with E-state index in [4.69, 9.17) is 0 Å². The number of nitrogens with one attached hydrogen (secondary N) is 1. The molecule has 1 saturated heterocycles. The highest BCUT2D eigenvalue weighted by atomic mass is 16.1. The fourth-order valence-electron chi connectivity index (χ4n) is 2.84. The number of nitrogens with zero attached hydrogens (tertiary/aromatic N) is 5. The maximum Gasteiger partial charge on any atom is 0.331 e. The zero-order valence-corrected chi connectivity index (χ0v) is 13.2. The van der Waals surface area contributed by atoms with E-state index in [0.29, 0.717) is 18.7 Å². The van der Waals surface area contributed by atoms with Crippen LogP contribution in [0.25, 0.3) is 11.2 Å². The summed E-state index contributed by atoms with van der Waals surface area (Å²) >= 11 is 0. The average Bonchev–Trinajstić information content (AvgIpc) is 2.86. The second kappa shape index (κ2) is 6.67. The van der Waals surface area contributed by atoms with Crippen LogP contribution in [0.5, 0.6) is 0 Å². The van der Waals surface area contributed by atoms with E-state index in [1.54, 1.807) is 22.1 Å². The molecule has 0 amide bonds. The first-order chi connectivity index (χ1) is 11.3. The minimum Gasteiger partial charge on any atom is -0.352 e. The molecule has 0 atom stereocenters. The lowest BCUT2D eigenvalue weighted by Crippen LogP contribution is -2.44. The van der Waals surface area contributed by atoms with Crippen molar-refractivity contribution in [3.8, 4) is 11.8 Å². The first kappa shape index (κ1) is 15.3. The molecule has 7 nitrogen and oxygen atoms in total. The Bertz CT molecular complexity index is 832. The van der Waals surface area contributed by atoms with E-state index >= 15 is 0 Å². The molecule has 23 heavy (non-hydrogen) atoms. The van der Waals surface area contributed by atoms with Gasteiger partial charge in [-0.15, -0.1) is 12.5 Å². The summed E-state index contributed by atoms with van der Waals surface area (Å²) in [7, 11) is 0. The summed E-state index contributed by atoms with van der Waals surface area (Å²) in [5, 5.41) is 3.32. The van der Waals surface area contributed by atoms with Crippen molar-refractivity contribution < 1.29 is 0 Å². The van der Waals surface area contributed by atoms with Crippen LogP contribution in [0.1, 0.15) is 6.92 Å². The van der Waals surface area contributed by atoms with E-state index in [9.17, 15) is 4.79 Å². The molecule has 2 aromatic heterocycles. The van der Waals surface area contributed by atoms with Gasteiger partial charge in [-0.3, -0.25) is 9.13 Å². The first-order valence-corrected chi connectivity index (χ1v) is 7.68. The van der Waals surface area contributed by atoms with E-state index in [1.807, 2.05) is 0 Å². The van der Waals surface area contributed by atoms with Crippen molar-refractivity contribution in [1.82, 2.24) is 24.4 Å². The molecule has 0 unspecified atom stereocenters. The molecule has 0 radical (unpaired) electrons. The molecule has 0 spiro atoms. The van der Waals surface area contributed by atoms with Crippen LogP contribution in [0, 0.1) is 11.8 Å². The summed E-state index contributed by atoms with van der Waals surface area (Å²) < 4.78 is 3.28. The van der Waals surface area contributed by atoms with E-state index in [-0.39, 0.29) is 5.69 Å². The van der Waals surface area contributed by atoms with Crippen LogP contribution in [0.3, 0.4) is 0 Å². The van der Waals surface area contributed by atoms with E-state index in [1.165, 1.54) is 6.33 Å². The third kappa shape index (κ3) is 2.73. The van der Waals surface area contributed by atoms with Crippen LogP contribution < -0.4 is 15.9 Å². The Morgan fingerprint density at radius 2 is 2.13 bits per heavy atom. The lowest BCUT2D eigenvalue weighted by Gasteiger charge is -2.28. The summed E-state index contributed by atoms with van der Waals surface area (Å²) in [5.74, 6) is 6.62. The molecule has 3 heterocycles. The average molecular weight is 312 g/mol. The number of piperazine rings is 1. The number of rotatable bonds is 4. The normalized spacial score (nSPS) is 14.6. The predicted molar refractivity (Wildman–Crippen MR) is 90.5 cm³/mol. The molecular formula is C16H20N6O. The van der Waals surface area contributed by atoms with Gasteiger partial charge in [0.25, 0.3) is 0 Å². The minimum absolute atomic E-state index is 0.125. The largest absolute Gasteiger partial charge is 0.352 e. The SMILES string of the molecule is C=CCn1c(=O)n(CC#CC)c2c(N3CCNCC3)ncnc21. The van der Waals surface area contributed by atoms with Gasteiger partial charge < -0.3 is 10.2 Å². The van der Waals surface area contributed by atoms with Crippen molar-refractivity contribution >= 4 is 17.0 Å². The van der Waals surface area contributed by atoms with Gasteiger partial charge in [0.05, 0.1) is 6.54 Å². The number of imidazole rings is 1. The van der Waals surface area contributed by atoms with Gasteiger partial charge in [0.15, 0.2) is 11.5 Å². The monoisotopic (exact) mass is 312 g/mol. The highest BCUT2D eigenvalue weighted by molar-refractivity contribution is 5.84. The minimum atomic E-state index is -0.125. The van der Waals surface area contributed by atoms with Crippen LogP contribution in [-0.2, 0) is 13.1 Å². The van der Waals surface area contributed by atoms with Gasteiger partial charge in [0.1, 0.15) is 11.8 Å². The molecule has 1 aliphatic rings. The molecule has 1 fully saturated rings.